The first-order valence-electron chi connectivity index (χ1n) is 20.8. The molecular formula is C43H80N2O8P+. The van der Waals surface area contributed by atoms with Crippen LogP contribution in [-0.2, 0) is 18.4 Å². The lowest BCUT2D eigenvalue weighted by Crippen LogP contribution is -2.45. The maximum atomic E-state index is 12.9. The number of carbonyl (C=O) groups excluding carboxylic acids is 1. The van der Waals surface area contributed by atoms with E-state index < -0.39 is 44.7 Å². The molecule has 0 saturated carbocycles. The molecule has 0 aliphatic carbocycles. The van der Waals surface area contributed by atoms with E-state index in [4.69, 9.17) is 9.05 Å². The first kappa shape index (κ1) is 52.1. The predicted octanol–water partition coefficient (Wildman–Crippen LogP) is 9.02. The van der Waals surface area contributed by atoms with Crippen molar-refractivity contribution in [2.75, 3.05) is 40.9 Å². The topological polar surface area (TPSA) is 146 Å². The number of allylic oxidation sites excluding steroid dienone is 8. The zero-order valence-corrected chi connectivity index (χ0v) is 35.6. The van der Waals surface area contributed by atoms with Gasteiger partial charge < -0.3 is 30.0 Å². The van der Waals surface area contributed by atoms with Crippen LogP contribution < -0.4 is 5.32 Å². The van der Waals surface area contributed by atoms with Gasteiger partial charge in [0.15, 0.2) is 0 Å². The molecule has 10 nitrogen and oxygen atoms in total. The van der Waals surface area contributed by atoms with Gasteiger partial charge in [-0.05, 0) is 57.8 Å². The summed E-state index contributed by atoms with van der Waals surface area (Å²) in [5, 5.41) is 34.5. The van der Waals surface area contributed by atoms with Gasteiger partial charge in [-0.15, -0.1) is 0 Å². The largest absolute Gasteiger partial charge is 0.472 e. The van der Waals surface area contributed by atoms with Gasteiger partial charge in [0.25, 0.3) is 0 Å². The number of phosphoric acid groups is 1. The SMILES string of the molecule is CC/C=C\C/C=C\C/C=C\C/C=C\C[C@@H](O)[C@H](O)CCCC(=O)N[C@@H](COP(=O)(O)OCC[N+](C)(C)C)[C@H](O)/C=C/CCCCCCCCCCCCC. The van der Waals surface area contributed by atoms with Crippen molar-refractivity contribution in [1.82, 2.24) is 5.32 Å². The van der Waals surface area contributed by atoms with E-state index in [-0.39, 0.29) is 19.4 Å². The van der Waals surface area contributed by atoms with Crippen molar-refractivity contribution in [2.24, 2.45) is 0 Å². The van der Waals surface area contributed by atoms with Crippen LogP contribution in [0.3, 0.4) is 0 Å². The summed E-state index contributed by atoms with van der Waals surface area (Å²) in [6.07, 6.45) is 35.9. The molecule has 0 fully saturated rings. The van der Waals surface area contributed by atoms with E-state index in [9.17, 15) is 29.6 Å². The van der Waals surface area contributed by atoms with Crippen LogP contribution in [0.5, 0.6) is 0 Å². The number of carbonyl (C=O) groups is 1. The molecule has 11 heteroatoms. The Morgan fingerprint density at radius 1 is 0.704 bits per heavy atom. The molecule has 1 unspecified atom stereocenters. The van der Waals surface area contributed by atoms with E-state index in [0.29, 0.717) is 23.9 Å². The zero-order valence-electron chi connectivity index (χ0n) is 34.7. The highest BCUT2D eigenvalue weighted by atomic mass is 31.2. The second-order valence-electron chi connectivity index (χ2n) is 15.3. The van der Waals surface area contributed by atoms with Gasteiger partial charge in [0.05, 0.1) is 52.1 Å². The number of nitrogens with zero attached hydrogens (tertiary/aromatic N) is 1. The van der Waals surface area contributed by atoms with Crippen molar-refractivity contribution < 1.29 is 43.1 Å². The Hall–Kier alpha value is -1.88. The third-order valence-electron chi connectivity index (χ3n) is 8.94. The van der Waals surface area contributed by atoms with Gasteiger partial charge in [0, 0.05) is 6.42 Å². The number of aliphatic hydroxyl groups excluding tert-OH is 3. The Bertz CT molecular complexity index is 1100. The number of phosphoric ester groups is 1. The fraction of sp³-hybridized carbons (Fsp3) is 0.744. The van der Waals surface area contributed by atoms with Crippen molar-refractivity contribution in [1.29, 1.82) is 0 Å². The molecule has 0 heterocycles. The molecule has 0 rings (SSSR count). The lowest BCUT2D eigenvalue weighted by molar-refractivity contribution is -0.870. The van der Waals surface area contributed by atoms with E-state index >= 15 is 0 Å². The maximum absolute atomic E-state index is 12.9. The van der Waals surface area contributed by atoms with Gasteiger partial charge in [-0.3, -0.25) is 13.8 Å². The molecule has 1 amide bonds. The molecule has 314 valence electrons. The molecular weight excluding hydrogens is 703 g/mol. The number of quaternary nitrogens is 1. The third-order valence-corrected chi connectivity index (χ3v) is 9.93. The molecule has 54 heavy (non-hydrogen) atoms. The second kappa shape index (κ2) is 34.4. The number of likely N-dealkylation sites (N-methyl/N-ethyl adjacent to an activating group) is 1. The Morgan fingerprint density at radius 3 is 1.80 bits per heavy atom. The van der Waals surface area contributed by atoms with Crippen molar-refractivity contribution in [3.05, 3.63) is 60.8 Å². The van der Waals surface area contributed by atoms with Crippen LogP contribution in [0.2, 0.25) is 0 Å². The zero-order chi connectivity index (χ0) is 40.3. The molecule has 0 aromatic heterocycles. The summed E-state index contributed by atoms with van der Waals surface area (Å²) in [5.41, 5.74) is 0. The molecule has 5 N–H and O–H groups in total. The van der Waals surface area contributed by atoms with Gasteiger partial charge in [0.2, 0.25) is 5.91 Å². The lowest BCUT2D eigenvalue weighted by Gasteiger charge is -2.25. The fourth-order valence-corrected chi connectivity index (χ4v) is 6.22. The Kier molecular flexibility index (Phi) is 33.2. The number of hydrogen-bond acceptors (Lipinski definition) is 7. The normalized spacial score (nSPS) is 16.2. The van der Waals surface area contributed by atoms with Gasteiger partial charge in [-0.25, -0.2) is 4.57 Å². The minimum atomic E-state index is -4.42. The van der Waals surface area contributed by atoms with Crippen molar-refractivity contribution in [3.8, 4) is 0 Å². The molecule has 0 aromatic rings. The number of amides is 1. The summed E-state index contributed by atoms with van der Waals surface area (Å²) < 4.78 is 23.4. The van der Waals surface area contributed by atoms with Crippen molar-refractivity contribution in [3.63, 3.8) is 0 Å². The summed E-state index contributed by atoms with van der Waals surface area (Å²) in [6, 6.07) is -0.984. The molecule has 0 radical (unpaired) electrons. The monoisotopic (exact) mass is 784 g/mol. The summed E-state index contributed by atoms with van der Waals surface area (Å²) in [5.74, 6) is -0.402. The Morgan fingerprint density at radius 2 is 1.24 bits per heavy atom. The quantitative estimate of drug-likeness (QED) is 0.0183. The molecule has 0 aliphatic heterocycles. The summed E-state index contributed by atoms with van der Waals surface area (Å²) in [4.78, 5) is 23.1. The van der Waals surface area contributed by atoms with Crippen LogP contribution >= 0.6 is 7.82 Å². The molecule has 0 spiro atoms. The minimum Gasteiger partial charge on any atom is -0.390 e. The lowest BCUT2D eigenvalue weighted by atomic mass is 10.0. The number of aliphatic hydroxyl groups is 3. The maximum Gasteiger partial charge on any atom is 0.472 e. The Balaban J connectivity index is 4.77. The number of unbranched alkanes of at least 4 members (excludes halogenated alkanes) is 11. The van der Waals surface area contributed by atoms with Gasteiger partial charge >= 0.3 is 7.82 Å². The molecule has 0 aliphatic rings. The van der Waals surface area contributed by atoms with Gasteiger partial charge in [-0.2, -0.15) is 0 Å². The number of rotatable bonds is 36. The summed E-state index contributed by atoms with van der Waals surface area (Å²) in [6.45, 7) is 4.42. The van der Waals surface area contributed by atoms with Crippen molar-refractivity contribution >= 4 is 13.7 Å². The second-order valence-corrected chi connectivity index (χ2v) is 16.7. The van der Waals surface area contributed by atoms with E-state index in [2.05, 4.69) is 55.6 Å². The first-order chi connectivity index (χ1) is 25.8. The fourth-order valence-electron chi connectivity index (χ4n) is 5.48. The van der Waals surface area contributed by atoms with Gasteiger partial charge in [-0.1, -0.05) is 139 Å². The van der Waals surface area contributed by atoms with Crippen molar-refractivity contribution in [2.45, 2.75) is 167 Å². The van der Waals surface area contributed by atoms with Crippen LogP contribution in [0, 0.1) is 0 Å². The van der Waals surface area contributed by atoms with E-state index in [1.54, 1.807) is 6.08 Å². The highest BCUT2D eigenvalue weighted by Gasteiger charge is 2.28. The molecule has 0 aromatic carbocycles. The van der Waals surface area contributed by atoms with Crippen LogP contribution in [0.15, 0.2) is 60.8 Å². The molecule has 5 atom stereocenters. The third kappa shape index (κ3) is 34.6. The Labute approximate surface area is 329 Å². The van der Waals surface area contributed by atoms with Crippen LogP contribution in [0.25, 0.3) is 0 Å². The first-order valence-corrected chi connectivity index (χ1v) is 22.3. The smallest absolute Gasteiger partial charge is 0.390 e. The molecule has 0 saturated heterocycles. The van der Waals surface area contributed by atoms with E-state index in [1.165, 1.54) is 57.8 Å². The summed E-state index contributed by atoms with van der Waals surface area (Å²) in [7, 11) is 1.38. The summed E-state index contributed by atoms with van der Waals surface area (Å²) >= 11 is 0. The predicted molar refractivity (Wildman–Crippen MR) is 224 cm³/mol. The average Bonchev–Trinajstić information content (AvgIpc) is 3.11. The van der Waals surface area contributed by atoms with Crippen LogP contribution in [0.1, 0.15) is 142 Å². The average molecular weight is 784 g/mol. The van der Waals surface area contributed by atoms with E-state index in [1.807, 2.05) is 39.4 Å². The van der Waals surface area contributed by atoms with Gasteiger partial charge in [0.1, 0.15) is 13.2 Å². The number of hydrogen-bond donors (Lipinski definition) is 5. The van der Waals surface area contributed by atoms with Crippen LogP contribution in [0.4, 0.5) is 0 Å². The van der Waals surface area contributed by atoms with Crippen LogP contribution in [-0.4, -0.2) is 95.9 Å². The highest BCUT2D eigenvalue weighted by Crippen LogP contribution is 2.43. The standard InChI is InChI=1S/C43H79N2O8P/c1-6-8-10-12-14-16-18-20-22-23-25-27-29-32-40(46)39(38-53-54(50,51)52-37-36-45(3,4)5)44-43(49)35-31-34-42(48)41(47)33-30-28-26-24-21-19-17-15-13-11-9-7-2/h9,11,15,17,21,24,28-30,32,39-42,46-48H,6-8,10,12-14,16,18-20,22-23,25-27,31,33-38H2,1-5H3,(H-,44,49,50,51)/p+1/b11-9-,17-15-,24-21-,30-28-,32-29+/t39-,40+,41+,42+/m0/s1. The number of nitrogens with one attached hydrogen (secondary N) is 1. The molecule has 0 bridgehead atoms. The van der Waals surface area contributed by atoms with E-state index in [0.717, 1.165) is 44.9 Å². The highest BCUT2D eigenvalue weighted by molar-refractivity contribution is 7.47. The minimum absolute atomic E-state index is 0.00613.